The quantitative estimate of drug-likeness (QED) is 0.788. The number of rotatable bonds is 4. The van der Waals surface area contributed by atoms with Gasteiger partial charge in [0.15, 0.2) is 0 Å². The normalized spacial score (nSPS) is 20.6. The van der Waals surface area contributed by atoms with E-state index in [1.807, 2.05) is 24.3 Å². The first kappa shape index (κ1) is 12.8. The summed E-state index contributed by atoms with van der Waals surface area (Å²) in [5.74, 6) is -0.940. The minimum absolute atomic E-state index is 0.192. The standard InChI is InChI=1S/C14H17NO3/c16-13-7-8-15(10-13)9-12-3-1-11(2-4-12)5-6-14(17)18/h1-6,13,16H,7-10H2,(H,17,18)/b6-5+. The lowest BCUT2D eigenvalue weighted by atomic mass is 10.1. The molecule has 0 amide bonds. The number of carboxylic acid groups (broad SMARTS) is 1. The third-order valence-corrected chi connectivity index (χ3v) is 3.05. The van der Waals surface area contributed by atoms with E-state index >= 15 is 0 Å². The molecule has 0 spiro atoms. The number of nitrogens with zero attached hydrogens (tertiary/aromatic N) is 1. The van der Waals surface area contributed by atoms with Gasteiger partial charge in [-0.15, -0.1) is 0 Å². The largest absolute Gasteiger partial charge is 0.478 e. The summed E-state index contributed by atoms with van der Waals surface area (Å²) in [4.78, 5) is 12.6. The van der Waals surface area contributed by atoms with E-state index in [9.17, 15) is 9.90 Å². The van der Waals surface area contributed by atoms with Crippen LogP contribution in [0.3, 0.4) is 0 Å². The summed E-state index contributed by atoms with van der Waals surface area (Å²) in [6, 6.07) is 7.79. The molecule has 0 aromatic heterocycles. The van der Waals surface area contributed by atoms with Crippen LogP contribution in [-0.2, 0) is 11.3 Å². The van der Waals surface area contributed by atoms with Gasteiger partial charge in [0.05, 0.1) is 6.10 Å². The molecular formula is C14H17NO3. The maximum absolute atomic E-state index is 10.4. The van der Waals surface area contributed by atoms with Crippen LogP contribution in [0.25, 0.3) is 6.08 Å². The summed E-state index contributed by atoms with van der Waals surface area (Å²) in [7, 11) is 0. The van der Waals surface area contributed by atoms with Crippen molar-refractivity contribution in [3.63, 3.8) is 0 Å². The lowest BCUT2D eigenvalue weighted by Gasteiger charge is -2.14. The number of aliphatic carboxylic acids is 1. The number of hydrogen-bond donors (Lipinski definition) is 2. The summed E-state index contributed by atoms with van der Waals surface area (Å²) in [6.07, 6.45) is 3.36. The lowest BCUT2D eigenvalue weighted by molar-refractivity contribution is -0.131. The minimum atomic E-state index is -0.940. The van der Waals surface area contributed by atoms with Gasteiger partial charge in [0.2, 0.25) is 0 Å². The van der Waals surface area contributed by atoms with Crippen molar-refractivity contribution >= 4 is 12.0 Å². The Bertz CT molecular complexity index is 439. The van der Waals surface area contributed by atoms with E-state index in [4.69, 9.17) is 5.11 Å². The molecule has 4 nitrogen and oxygen atoms in total. The van der Waals surface area contributed by atoms with E-state index in [1.165, 1.54) is 5.56 Å². The number of aliphatic hydroxyl groups excluding tert-OH is 1. The topological polar surface area (TPSA) is 60.8 Å². The fourth-order valence-corrected chi connectivity index (χ4v) is 2.12. The molecule has 1 atom stereocenters. The number of carbonyl (C=O) groups is 1. The Morgan fingerprint density at radius 2 is 2.11 bits per heavy atom. The van der Waals surface area contributed by atoms with E-state index in [1.54, 1.807) is 6.08 Å². The van der Waals surface area contributed by atoms with Crippen LogP contribution in [0.15, 0.2) is 30.3 Å². The van der Waals surface area contributed by atoms with E-state index in [0.717, 1.165) is 37.7 Å². The van der Waals surface area contributed by atoms with Gasteiger partial charge in [0, 0.05) is 25.7 Å². The molecule has 0 saturated carbocycles. The van der Waals surface area contributed by atoms with E-state index in [2.05, 4.69) is 4.90 Å². The second kappa shape index (κ2) is 5.80. The number of carboxylic acids is 1. The van der Waals surface area contributed by atoms with Crippen molar-refractivity contribution < 1.29 is 15.0 Å². The van der Waals surface area contributed by atoms with Crippen molar-refractivity contribution in [3.05, 3.63) is 41.5 Å². The van der Waals surface area contributed by atoms with Gasteiger partial charge in [-0.25, -0.2) is 4.79 Å². The summed E-state index contributed by atoms with van der Waals surface area (Å²) in [6.45, 7) is 2.50. The first-order valence-electron chi connectivity index (χ1n) is 6.04. The maximum Gasteiger partial charge on any atom is 0.328 e. The molecule has 1 unspecified atom stereocenters. The zero-order valence-corrected chi connectivity index (χ0v) is 10.1. The fraction of sp³-hybridized carbons (Fsp3) is 0.357. The summed E-state index contributed by atoms with van der Waals surface area (Å²) in [5, 5.41) is 18.0. The molecule has 0 bridgehead atoms. The molecule has 96 valence electrons. The number of benzene rings is 1. The van der Waals surface area contributed by atoms with Crippen molar-refractivity contribution in [2.75, 3.05) is 13.1 Å². The molecule has 2 N–H and O–H groups in total. The van der Waals surface area contributed by atoms with Crippen LogP contribution in [0.1, 0.15) is 17.5 Å². The molecule has 1 heterocycles. The molecule has 1 aromatic carbocycles. The predicted octanol–water partition coefficient (Wildman–Crippen LogP) is 1.35. The third-order valence-electron chi connectivity index (χ3n) is 3.05. The van der Waals surface area contributed by atoms with Crippen LogP contribution in [0.2, 0.25) is 0 Å². The zero-order chi connectivity index (χ0) is 13.0. The Labute approximate surface area is 106 Å². The summed E-state index contributed by atoms with van der Waals surface area (Å²) < 4.78 is 0. The van der Waals surface area contributed by atoms with Crippen molar-refractivity contribution in [2.24, 2.45) is 0 Å². The second-order valence-corrected chi connectivity index (χ2v) is 4.59. The number of hydrogen-bond acceptors (Lipinski definition) is 3. The van der Waals surface area contributed by atoms with Gasteiger partial charge in [-0.05, 0) is 23.6 Å². The summed E-state index contributed by atoms with van der Waals surface area (Å²) >= 11 is 0. The molecule has 1 aromatic rings. The maximum atomic E-state index is 10.4. The van der Waals surface area contributed by atoms with Crippen molar-refractivity contribution in [2.45, 2.75) is 19.1 Å². The van der Waals surface area contributed by atoms with Crippen LogP contribution in [0.5, 0.6) is 0 Å². The molecule has 18 heavy (non-hydrogen) atoms. The van der Waals surface area contributed by atoms with E-state index in [-0.39, 0.29) is 6.10 Å². The van der Waals surface area contributed by atoms with Gasteiger partial charge < -0.3 is 10.2 Å². The highest BCUT2D eigenvalue weighted by atomic mass is 16.4. The monoisotopic (exact) mass is 247 g/mol. The first-order valence-corrected chi connectivity index (χ1v) is 6.04. The van der Waals surface area contributed by atoms with Crippen molar-refractivity contribution in [1.29, 1.82) is 0 Å². The van der Waals surface area contributed by atoms with Gasteiger partial charge >= 0.3 is 5.97 Å². The summed E-state index contributed by atoms with van der Waals surface area (Å²) in [5.41, 5.74) is 2.05. The van der Waals surface area contributed by atoms with Gasteiger partial charge in [-0.2, -0.15) is 0 Å². The third kappa shape index (κ3) is 3.68. The van der Waals surface area contributed by atoms with E-state index in [0.29, 0.717) is 0 Å². The molecule has 1 fully saturated rings. The highest BCUT2D eigenvalue weighted by Gasteiger charge is 2.19. The SMILES string of the molecule is O=C(O)/C=C/c1ccc(CN2CCC(O)C2)cc1. The van der Waals surface area contributed by atoms with Gasteiger partial charge in [-0.3, -0.25) is 4.90 Å². The Kier molecular flexibility index (Phi) is 4.12. The van der Waals surface area contributed by atoms with Crippen molar-refractivity contribution in [3.8, 4) is 0 Å². The van der Waals surface area contributed by atoms with E-state index < -0.39 is 5.97 Å². The highest BCUT2D eigenvalue weighted by molar-refractivity contribution is 5.85. The van der Waals surface area contributed by atoms with Gasteiger partial charge in [0.1, 0.15) is 0 Å². The Morgan fingerprint density at radius 3 is 2.67 bits per heavy atom. The van der Waals surface area contributed by atoms with Gasteiger partial charge in [-0.1, -0.05) is 24.3 Å². The van der Waals surface area contributed by atoms with Crippen LogP contribution in [0, 0.1) is 0 Å². The minimum Gasteiger partial charge on any atom is -0.478 e. The van der Waals surface area contributed by atoms with Crippen LogP contribution in [-0.4, -0.2) is 40.3 Å². The molecule has 4 heteroatoms. The van der Waals surface area contributed by atoms with Crippen LogP contribution < -0.4 is 0 Å². The average Bonchev–Trinajstić information content (AvgIpc) is 2.74. The molecular weight excluding hydrogens is 230 g/mol. The molecule has 1 saturated heterocycles. The smallest absolute Gasteiger partial charge is 0.328 e. The molecule has 1 aliphatic rings. The Morgan fingerprint density at radius 1 is 1.39 bits per heavy atom. The lowest BCUT2D eigenvalue weighted by Crippen LogP contribution is -2.21. The highest BCUT2D eigenvalue weighted by Crippen LogP contribution is 2.14. The Balaban J connectivity index is 1.93. The molecule has 1 aliphatic heterocycles. The average molecular weight is 247 g/mol. The van der Waals surface area contributed by atoms with Crippen LogP contribution >= 0.6 is 0 Å². The first-order chi connectivity index (χ1) is 8.63. The van der Waals surface area contributed by atoms with Crippen LogP contribution in [0.4, 0.5) is 0 Å². The van der Waals surface area contributed by atoms with Gasteiger partial charge in [0.25, 0.3) is 0 Å². The molecule has 0 radical (unpaired) electrons. The molecule has 0 aliphatic carbocycles. The second-order valence-electron chi connectivity index (χ2n) is 4.59. The Hall–Kier alpha value is -1.65. The predicted molar refractivity (Wildman–Crippen MR) is 69.0 cm³/mol. The number of β-amino-alcohol motifs (C(OH)–C–C–N with tert-alkyl or cyclic N) is 1. The molecule has 2 rings (SSSR count). The number of likely N-dealkylation sites (tertiary alicyclic amines) is 1. The fourth-order valence-electron chi connectivity index (χ4n) is 2.12. The van der Waals surface area contributed by atoms with Crippen molar-refractivity contribution in [1.82, 2.24) is 4.90 Å². The number of aliphatic hydroxyl groups is 1. The zero-order valence-electron chi connectivity index (χ0n) is 10.1.